The number of urea groups is 1. The summed E-state index contributed by atoms with van der Waals surface area (Å²) in [5, 5.41) is 3.78. The van der Waals surface area contributed by atoms with E-state index in [1.807, 2.05) is 21.9 Å². The van der Waals surface area contributed by atoms with Gasteiger partial charge in [-0.1, -0.05) is 23.7 Å². The first kappa shape index (κ1) is 19.5. The van der Waals surface area contributed by atoms with Crippen molar-refractivity contribution in [2.45, 2.75) is 31.7 Å². The van der Waals surface area contributed by atoms with Crippen molar-refractivity contribution in [2.75, 3.05) is 45.8 Å². The van der Waals surface area contributed by atoms with E-state index in [2.05, 4.69) is 10.2 Å². The average molecular weight is 405 g/mol. The molecule has 2 saturated heterocycles. The lowest BCUT2D eigenvalue weighted by atomic mass is 10.1. The Bertz CT molecular complexity index is 699. The van der Waals surface area contributed by atoms with Gasteiger partial charge >= 0.3 is 6.03 Å². The van der Waals surface area contributed by atoms with E-state index < -0.39 is 0 Å². The summed E-state index contributed by atoms with van der Waals surface area (Å²) >= 11 is 5.89. The summed E-state index contributed by atoms with van der Waals surface area (Å²) in [7, 11) is 0. The summed E-state index contributed by atoms with van der Waals surface area (Å²) in [5.74, 6) is 0.681. The molecule has 7 heteroatoms. The van der Waals surface area contributed by atoms with Gasteiger partial charge in [-0.2, -0.15) is 0 Å². The SMILES string of the molecule is O=C(Cc1ccc(Cl)cc1)N1CCN(C(=O)NCC2CCN(C3CC3)C2)CC1. The highest BCUT2D eigenvalue weighted by Crippen LogP contribution is 2.31. The zero-order chi connectivity index (χ0) is 19.5. The third-order valence-electron chi connectivity index (χ3n) is 6.11. The standard InChI is InChI=1S/C21H29ClN4O2/c22-18-3-1-16(2-4-18)13-20(27)24-9-11-25(12-10-24)21(28)23-14-17-7-8-26(15-17)19-5-6-19/h1-4,17,19H,5-15H2,(H,23,28). The van der Waals surface area contributed by atoms with Crippen molar-refractivity contribution in [2.24, 2.45) is 5.92 Å². The Morgan fingerprint density at radius 2 is 1.64 bits per heavy atom. The van der Waals surface area contributed by atoms with E-state index in [0.717, 1.165) is 24.7 Å². The Kier molecular flexibility index (Phi) is 6.07. The van der Waals surface area contributed by atoms with Gasteiger partial charge in [0.1, 0.15) is 0 Å². The smallest absolute Gasteiger partial charge is 0.317 e. The van der Waals surface area contributed by atoms with Crippen molar-refractivity contribution < 1.29 is 9.59 Å². The van der Waals surface area contributed by atoms with E-state index in [-0.39, 0.29) is 11.9 Å². The zero-order valence-corrected chi connectivity index (χ0v) is 17.0. The molecular formula is C21H29ClN4O2. The molecule has 3 fully saturated rings. The molecule has 3 aliphatic rings. The Hall–Kier alpha value is -1.79. The molecule has 4 rings (SSSR count). The van der Waals surface area contributed by atoms with Crippen molar-refractivity contribution in [1.29, 1.82) is 0 Å². The molecular weight excluding hydrogens is 376 g/mol. The molecule has 0 aromatic heterocycles. The Morgan fingerprint density at radius 1 is 0.964 bits per heavy atom. The third kappa shape index (κ3) is 4.97. The van der Waals surface area contributed by atoms with Gasteiger partial charge in [0, 0.05) is 50.3 Å². The highest BCUT2D eigenvalue weighted by molar-refractivity contribution is 6.30. The van der Waals surface area contributed by atoms with Crippen LogP contribution < -0.4 is 5.32 Å². The molecule has 1 aliphatic carbocycles. The minimum Gasteiger partial charge on any atom is -0.339 e. The van der Waals surface area contributed by atoms with Gasteiger partial charge in [-0.3, -0.25) is 4.79 Å². The lowest BCUT2D eigenvalue weighted by Crippen LogP contribution is -2.53. The number of halogens is 1. The fourth-order valence-electron chi connectivity index (χ4n) is 4.19. The summed E-state index contributed by atoms with van der Waals surface area (Å²) in [6.45, 7) is 5.45. The molecule has 0 radical (unpaired) electrons. The van der Waals surface area contributed by atoms with Crippen LogP contribution in [0.4, 0.5) is 4.79 Å². The van der Waals surface area contributed by atoms with Gasteiger partial charge in [0.25, 0.3) is 0 Å². The van der Waals surface area contributed by atoms with Gasteiger partial charge in [0.05, 0.1) is 6.42 Å². The van der Waals surface area contributed by atoms with Crippen LogP contribution in [0, 0.1) is 5.92 Å². The number of rotatable bonds is 5. The third-order valence-corrected chi connectivity index (χ3v) is 6.36. The number of benzene rings is 1. The van der Waals surface area contributed by atoms with Crippen molar-refractivity contribution in [3.05, 3.63) is 34.9 Å². The number of amides is 3. The maximum Gasteiger partial charge on any atom is 0.317 e. The molecule has 2 aliphatic heterocycles. The lowest BCUT2D eigenvalue weighted by molar-refractivity contribution is -0.131. The normalized spacial score (nSPS) is 23.1. The number of hydrogen-bond acceptors (Lipinski definition) is 3. The number of piperazine rings is 1. The number of carbonyl (C=O) groups is 2. The van der Waals surface area contributed by atoms with Crippen LogP contribution in [-0.4, -0.2) is 78.5 Å². The van der Waals surface area contributed by atoms with Gasteiger partial charge in [-0.25, -0.2) is 4.79 Å². The second kappa shape index (κ2) is 8.70. The lowest BCUT2D eigenvalue weighted by Gasteiger charge is -2.35. The van der Waals surface area contributed by atoms with E-state index in [9.17, 15) is 9.59 Å². The molecule has 28 heavy (non-hydrogen) atoms. The minimum atomic E-state index is 0.00896. The number of likely N-dealkylation sites (tertiary alicyclic amines) is 1. The predicted molar refractivity (Wildman–Crippen MR) is 109 cm³/mol. The molecule has 6 nitrogen and oxygen atoms in total. The van der Waals surface area contributed by atoms with E-state index in [0.29, 0.717) is 43.5 Å². The topological polar surface area (TPSA) is 55.9 Å². The van der Waals surface area contributed by atoms with Crippen molar-refractivity contribution >= 4 is 23.5 Å². The average Bonchev–Trinajstić information content (AvgIpc) is 3.46. The molecule has 1 unspecified atom stereocenters. The fourth-order valence-corrected chi connectivity index (χ4v) is 4.32. The van der Waals surface area contributed by atoms with Crippen LogP contribution >= 0.6 is 11.6 Å². The molecule has 1 aromatic rings. The Labute approximate surface area is 171 Å². The quantitative estimate of drug-likeness (QED) is 0.818. The maximum atomic E-state index is 12.5. The number of hydrogen-bond donors (Lipinski definition) is 1. The maximum absolute atomic E-state index is 12.5. The van der Waals surface area contributed by atoms with Crippen molar-refractivity contribution in [3.8, 4) is 0 Å². The van der Waals surface area contributed by atoms with Crippen LogP contribution in [0.5, 0.6) is 0 Å². The van der Waals surface area contributed by atoms with Gasteiger partial charge in [0.2, 0.25) is 5.91 Å². The molecule has 3 amide bonds. The second-order valence-electron chi connectivity index (χ2n) is 8.24. The Balaban J connectivity index is 1.16. The van der Waals surface area contributed by atoms with E-state index in [1.54, 1.807) is 12.1 Å². The predicted octanol–water partition coefficient (Wildman–Crippen LogP) is 2.22. The van der Waals surface area contributed by atoms with E-state index in [1.165, 1.54) is 25.8 Å². The minimum absolute atomic E-state index is 0.00896. The number of nitrogens with zero attached hydrogens (tertiary/aromatic N) is 3. The summed E-state index contributed by atoms with van der Waals surface area (Å²) in [4.78, 5) is 31.2. The molecule has 1 saturated carbocycles. The van der Waals surface area contributed by atoms with Crippen LogP contribution in [0.25, 0.3) is 0 Å². The van der Waals surface area contributed by atoms with Gasteiger partial charge in [-0.05, 0) is 49.4 Å². The molecule has 1 atom stereocenters. The molecule has 0 bridgehead atoms. The van der Waals surface area contributed by atoms with Crippen LogP contribution in [0.3, 0.4) is 0 Å². The fraction of sp³-hybridized carbons (Fsp3) is 0.619. The molecule has 1 N–H and O–H groups in total. The first-order valence-corrected chi connectivity index (χ1v) is 10.8. The largest absolute Gasteiger partial charge is 0.339 e. The number of carbonyl (C=O) groups excluding carboxylic acids is 2. The summed E-state index contributed by atoms with van der Waals surface area (Å²) in [6, 6.07) is 8.21. The van der Waals surface area contributed by atoms with Crippen LogP contribution in [-0.2, 0) is 11.2 Å². The number of nitrogens with one attached hydrogen (secondary N) is 1. The zero-order valence-electron chi connectivity index (χ0n) is 16.3. The Morgan fingerprint density at radius 3 is 2.32 bits per heavy atom. The van der Waals surface area contributed by atoms with E-state index in [4.69, 9.17) is 11.6 Å². The molecule has 2 heterocycles. The van der Waals surface area contributed by atoms with Crippen LogP contribution in [0.15, 0.2) is 24.3 Å². The van der Waals surface area contributed by atoms with Crippen molar-refractivity contribution in [1.82, 2.24) is 20.0 Å². The molecule has 0 spiro atoms. The highest BCUT2D eigenvalue weighted by atomic mass is 35.5. The van der Waals surface area contributed by atoms with Gasteiger partial charge in [-0.15, -0.1) is 0 Å². The van der Waals surface area contributed by atoms with Crippen LogP contribution in [0.2, 0.25) is 5.02 Å². The first-order valence-electron chi connectivity index (χ1n) is 10.4. The highest BCUT2D eigenvalue weighted by Gasteiger charge is 2.34. The summed E-state index contributed by atoms with van der Waals surface area (Å²) < 4.78 is 0. The van der Waals surface area contributed by atoms with Gasteiger partial charge in [0.15, 0.2) is 0 Å². The monoisotopic (exact) mass is 404 g/mol. The first-order chi connectivity index (χ1) is 13.6. The summed E-state index contributed by atoms with van der Waals surface area (Å²) in [5.41, 5.74) is 0.964. The van der Waals surface area contributed by atoms with E-state index >= 15 is 0 Å². The molecule has 152 valence electrons. The molecule has 1 aromatic carbocycles. The summed E-state index contributed by atoms with van der Waals surface area (Å²) in [6.07, 6.45) is 4.26. The van der Waals surface area contributed by atoms with Crippen LogP contribution in [0.1, 0.15) is 24.8 Å². The van der Waals surface area contributed by atoms with Gasteiger partial charge < -0.3 is 20.0 Å². The second-order valence-corrected chi connectivity index (χ2v) is 8.67. The van der Waals surface area contributed by atoms with Crippen molar-refractivity contribution in [3.63, 3.8) is 0 Å².